The molecule has 0 bridgehead atoms. The van der Waals surface area contributed by atoms with Gasteiger partial charge < -0.3 is 14.7 Å². The Kier molecular flexibility index (Phi) is 5.91. The predicted octanol–water partition coefficient (Wildman–Crippen LogP) is 3.91. The van der Waals surface area contributed by atoms with Gasteiger partial charge in [0, 0.05) is 43.6 Å². The first kappa shape index (κ1) is 23.2. The first-order chi connectivity index (χ1) is 16.7. The monoisotopic (exact) mass is 499 g/mol. The molecular formula is C23H26FN7O3S. The highest BCUT2D eigenvalue weighted by Crippen LogP contribution is 2.32. The Morgan fingerprint density at radius 1 is 1.20 bits per heavy atom. The second-order valence-corrected chi connectivity index (χ2v) is 11.1. The molecule has 0 aliphatic carbocycles. The summed E-state index contributed by atoms with van der Waals surface area (Å²) in [5.74, 6) is 1.81. The third kappa shape index (κ3) is 4.57. The van der Waals surface area contributed by atoms with Crippen molar-refractivity contribution in [3.8, 4) is 0 Å². The number of anilines is 3. The normalized spacial score (nSPS) is 15.3. The molecule has 10 nitrogen and oxygen atoms in total. The summed E-state index contributed by atoms with van der Waals surface area (Å²) in [7, 11) is -3.50. The van der Waals surface area contributed by atoms with Crippen molar-refractivity contribution in [3.63, 3.8) is 0 Å². The van der Waals surface area contributed by atoms with Crippen molar-refractivity contribution in [2.24, 2.45) is 0 Å². The Morgan fingerprint density at radius 3 is 2.63 bits per heavy atom. The van der Waals surface area contributed by atoms with Gasteiger partial charge in [0.2, 0.25) is 0 Å². The van der Waals surface area contributed by atoms with Crippen molar-refractivity contribution in [2.45, 2.75) is 43.4 Å². The summed E-state index contributed by atoms with van der Waals surface area (Å²) in [5, 5.41) is 7.03. The molecule has 12 heteroatoms. The molecule has 0 amide bonds. The minimum Gasteiger partial charge on any atom is -0.336 e. The number of sulfone groups is 1. The molecule has 184 valence electrons. The number of halogens is 1. The van der Waals surface area contributed by atoms with Gasteiger partial charge in [-0.05, 0) is 31.0 Å². The summed E-state index contributed by atoms with van der Waals surface area (Å²) in [6, 6.07) is 4.32. The van der Waals surface area contributed by atoms with E-state index in [0.29, 0.717) is 23.2 Å². The van der Waals surface area contributed by atoms with Crippen LogP contribution in [0.1, 0.15) is 50.2 Å². The molecule has 3 aromatic heterocycles. The van der Waals surface area contributed by atoms with Gasteiger partial charge in [-0.3, -0.25) is 4.40 Å². The number of aromatic nitrogens is 5. The summed E-state index contributed by atoms with van der Waals surface area (Å²) < 4.78 is 45.3. The van der Waals surface area contributed by atoms with Gasteiger partial charge in [0.1, 0.15) is 17.2 Å². The first-order valence-electron chi connectivity index (χ1n) is 11.4. The maximum Gasteiger partial charge on any atom is 0.324 e. The maximum atomic E-state index is 14.6. The zero-order valence-electron chi connectivity index (χ0n) is 19.6. The SMILES string of the molecule is CC(C)c1noc(N2CCC(c3ncc4c(Nc5ccc(S(C)(=O)=O)cc5F)nccn34)CC2)n1. The highest BCUT2D eigenvalue weighted by atomic mass is 32.2. The fourth-order valence-corrected chi connectivity index (χ4v) is 4.85. The molecule has 0 atom stereocenters. The molecule has 0 unspecified atom stereocenters. The van der Waals surface area contributed by atoms with E-state index in [4.69, 9.17) is 4.52 Å². The van der Waals surface area contributed by atoms with Crippen LogP contribution in [0.25, 0.3) is 5.52 Å². The molecule has 0 radical (unpaired) electrons. The summed E-state index contributed by atoms with van der Waals surface area (Å²) in [4.78, 5) is 15.5. The van der Waals surface area contributed by atoms with Gasteiger partial charge >= 0.3 is 6.01 Å². The average molecular weight is 500 g/mol. The predicted molar refractivity (Wildman–Crippen MR) is 128 cm³/mol. The van der Waals surface area contributed by atoms with E-state index in [-0.39, 0.29) is 22.4 Å². The first-order valence-corrected chi connectivity index (χ1v) is 13.3. The molecular weight excluding hydrogens is 473 g/mol. The van der Waals surface area contributed by atoms with Crippen LogP contribution in [0.2, 0.25) is 0 Å². The lowest BCUT2D eigenvalue weighted by atomic mass is 9.96. The number of benzene rings is 1. The number of nitrogens with one attached hydrogen (secondary N) is 1. The molecule has 35 heavy (non-hydrogen) atoms. The van der Waals surface area contributed by atoms with Crippen molar-refractivity contribution in [1.29, 1.82) is 0 Å². The van der Waals surface area contributed by atoms with Crippen molar-refractivity contribution >= 4 is 32.9 Å². The molecule has 4 aromatic rings. The molecule has 1 aromatic carbocycles. The fourth-order valence-electron chi connectivity index (χ4n) is 4.22. The molecule has 0 spiro atoms. The third-order valence-electron chi connectivity index (χ3n) is 6.19. The van der Waals surface area contributed by atoms with E-state index in [2.05, 4.69) is 30.3 Å². The Balaban J connectivity index is 1.34. The zero-order chi connectivity index (χ0) is 24.7. The number of rotatable bonds is 6. The van der Waals surface area contributed by atoms with Crippen LogP contribution in [0, 0.1) is 5.82 Å². The van der Waals surface area contributed by atoms with Crippen LogP contribution in [0.15, 0.2) is 46.2 Å². The largest absolute Gasteiger partial charge is 0.336 e. The van der Waals surface area contributed by atoms with E-state index >= 15 is 0 Å². The van der Waals surface area contributed by atoms with Gasteiger partial charge in [0.05, 0.1) is 16.8 Å². The number of imidazole rings is 1. The Morgan fingerprint density at radius 2 is 1.97 bits per heavy atom. The minimum atomic E-state index is -3.50. The van der Waals surface area contributed by atoms with Crippen LogP contribution in [-0.2, 0) is 9.84 Å². The number of nitrogens with zero attached hydrogens (tertiary/aromatic N) is 6. The van der Waals surface area contributed by atoms with Gasteiger partial charge in [-0.2, -0.15) is 4.98 Å². The van der Waals surface area contributed by atoms with Crippen molar-refractivity contribution in [2.75, 3.05) is 29.6 Å². The average Bonchev–Trinajstić information content (AvgIpc) is 3.48. The lowest BCUT2D eigenvalue weighted by Gasteiger charge is -2.29. The number of fused-ring (bicyclic) bond motifs is 1. The van der Waals surface area contributed by atoms with Gasteiger partial charge in [-0.15, -0.1) is 0 Å². The molecule has 1 aliphatic heterocycles. The number of piperidine rings is 1. The Bertz CT molecular complexity index is 1470. The quantitative estimate of drug-likeness (QED) is 0.421. The van der Waals surface area contributed by atoms with E-state index in [9.17, 15) is 12.8 Å². The lowest BCUT2D eigenvalue weighted by Crippen LogP contribution is -2.33. The molecule has 1 saturated heterocycles. The smallest absolute Gasteiger partial charge is 0.324 e. The van der Waals surface area contributed by atoms with Crippen LogP contribution in [0.5, 0.6) is 0 Å². The summed E-state index contributed by atoms with van der Waals surface area (Å²) in [6.45, 7) is 5.60. The van der Waals surface area contributed by atoms with E-state index in [0.717, 1.165) is 44.1 Å². The summed E-state index contributed by atoms with van der Waals surface area (Å²) in [5.41, 5.74) is 0.837. The second kappa shape index (κ2) is 8.91. The number of hydrogen-bond donors (Lipinski definition) is 1. The zero-order valence-corrected chi connectivity index (χ0v) is 20.5. The summed E-state index contributed by atoms with van der Waals surface area (Å²) >= 11 is 0. The van der Waals surface area contributed by atoms with E-state index in [1.54, 1.807) is 12.4 Å². The molecule has 1 aliphatic rings. The molecule has 0 saturated carbocycles. The van der Waals surface area contributed by atoms with Crippen molar-refractivity contribution < 1.29 is 17.3 Å². The van der Waals surface area contributed by atoms with Crippen LogP contribution in [0.4, 0.5) is 21.9 Å². The molecule has 5 rings (SSSR count). The van der Waals surface area contributed by atoms with Crippen molar-refractivity contribution in [1.82, 2.24) is 24.5 Å². The van der Waals surface area contributed by atoms with Crippen LogP contribution >= 0.6 is 0 Å². The van der Waals surface area contributed by atoms with Crippen LogP contribution in [0.3, 0.4) is 0 Å². The van der Waals surface area contributed by atoms with Crippen LogP contribution in [-0.4, -0.2) is 52.3 Å². The van der Waals surface area contributed by atoms with E-state index < -0.39 is 15.7 Å². The fraction of sp³-hybridized carbons (Fsp3) is 0.391. The Hall–Kier alpha value is -3.54. The molecule has 1 fully saturated rings. The van der Waals surface area contributed by atoms with Gasteiger partial charge in [0.15, 0.2) is 21.5 Å². The van der Waals surface area contributed by atoms with Gasteiger partial charge in [-0.1, -0.05) is 19.0 Å². The standard InChI is InChI=1S/C23H26FN7O3S/c1-14(2)20-28-23(34-29-20)30-9-6-15(7-10-30)22-26-13-19-21(25-8-11-31(19)22)27-18-5-4-16(12-17(18)24)35(3,32)33/h4-5,8,11-15H,6-7,9-10H2,1-3H3,(H,25,27). The van der Waals surface area contributed by atoms with Crippen LogP contribution < -0.4 is 10.2 Å². The molecule has 1 N–H and O–H groups in total. The van der Waals surface area contributed by atoms with E-state index in [1.807, 2.05) is 24.4 Å². The third-order valence-corrected chi connectivity index (χ3v) is 7.30. The van der Waals surface area contributed by atoms with E-state index in [1.165, 1.54) is 12.1 Å². The minimum absolute atomic E-state index is 0.0781. The lowest BCUT2D eigenvalue weighted by molar-refractivity contribution is 0.384. The highest BCUT2D eigenvalue weighted by Gasteiger charge is 2.27. The topological polar surface area (TPSA) is 119 Å². The number of hydrogen-bond acceptors (Lipinski definition) is 9. The highest BCUT2D eigenvalue weighted by molar-refractivity contribution is 7.90. The van der Waals surface area contributed by atoms with Gasteiger partial charge in [0.25, 0.3) is 0 Å². The van der Waals surface area contributed by atoms with Gasteiger partial charge in [-0.25, -0.2) is 22.8 Å². The second-order valence-electron chi connectivity index (χ2n) is 9.04. The summed E-state index contributed by atoms with van der Waals surface area (Å²) in [6.07, 6.45) is 7.96. The maximum absolute atomic E-state index is 14.6. The van der Waals surface area contributed by atoms with Crippen molar-refractivity contribution in [3.05, 3.63) is 54.3 Å². The molecule has 4 heterocycles. The Labute approximate surface area is 202 Å².